The molecule has 0 aliphatic rings. The van der Waals surface area contributed by atoms with Gasteiger partial charge in [0.15, 0.2) is 0 Å². The maximum absolute atomic E-state index is 10.3. The van der Waals surface area contributed by atoms with Crippen LogP contribution in [0.4, 0.5) is 0 Å². The summed E-state index contributed by atoms with van der Waals surface area (Å²) in [7, 11) is 0. The molecule has 3 unspecified atom stereocenters. The maximum Gasteiger partial charge on any atom is 0.303 e. The molecule has 64 heavy (non-hydrogen) atoms. The predicted molar refractivity (Wildman–Crippen MR) is 266 cm³/mol. The van der Waals surface area contributed by atoms with Gasteiger partial charge in [0.25, 0.3) is 0 Å². The fourth-order valence-electron chi connectivity index (χ4n) is 8.00. The molecule has 0 bridgehead atoms. The number of hydrogen-bond donors (Lipinski definition) is 6. The van der Waals surface area contributed by atoms with Crippen molar-refractivity contribution in [2.24, 2.45) is 0 Å². The third-order valence-electron chi connectivity index (χ3n) is 12.2. The first-order valence-electron chi connectivity index (χ1n) is 27.2. The number of hydrogen-bond acceptors (Lipinski definition) is 6. The first kappa shape index (κ1) is 69.4. The molecule has 0 saturated heterocycles. The molecule has 0 aromatic carbocycles. The predicted octanol–water partition coefficient (Wildman–Crippen LogP) is 15.9. The average Bonchev–Trinajstić information content (AvgIpc) is 3.24. The van der Waals surface area contributed by atoms with Crippen LogP contribution in [0.1, 0.15) is 310 Å². The van der Waals surface area contributed by atoms with Gasteiger partial charge < -0.3 is 30.6 Å². The van der Waals surface area contributed by atoms with Crippen molar-refractivity contribution in [2.75, 3.05) is 0 Å². The molecule has 0 radical (unpaired) electrons. The topological polar surface area (TPSA) is 173 Å². The van der Waals surface area contributed by atoms with Crippen molar-refractivity contribution in [3.63, 3.8) is 0 Å². The van der Waals surface area contributed by atoms with E-state index in [-0.39, 0.29) is 35.4 Å². The van der Waals surface area contributed by atoms with E-state index in [2.05, 4.69) is 20.8 Å². The summed E-state index contributed by atoms with van der Waals surface area (Å²) < 4.78 is 0. The summed E-state index contributed by atoms with van der Waals surface area (Å²) in [6.07, 6.45) is 48.8. The van der Waals surface area contributed by atoms with Gasteiger partial charge in [-0.15, -0.1) is 0 Å². The van der Waals surface area contributed by atoms with Gasteiger partial charge in [-0.1, -0.05) is 233 Å². The Morgan fingerprint density at radius 1 is 0.266 bits per heavy atom. The Labute approximate surface area is 406 Å². The first-order valence-corrected chi connectivity index (χ1v) is 27.2. The molecule has 3 atom stereocenters. The van der Waals surface area contributed by atoms with Crippen LogP contribution >= 0.6 is 0 Å². The van der Waals surface area contributed by atoms with Crippen molar-refractivity contribution in [3.05, 3.63) is 0 Å². The molecule has 0 aliphatic heterocycles. The van der Waals surface area contributed by atoms with Crippen LogP contribution in [-0.4, -0.2) is 66.9 Å². The zero-order valence-electron chi connectivity index (χ0n) is 42.3. The molecule has 0 heterocycles. The number of unbranched alkanes of at least 4 members (excludes halogenated alkanes) is 30. The van der Waals surface area contributed by atoms with Crippen LogP contribution in [0.25, 0.3) is 0 Å². The van der Waals surface area contributed by atoms with Gasteiger partial charge in [0.1, 0.15) is 0 Å². The second-order valence-electron chi connectivity index (χ2n) is 18.8. The molecule has 10 heteroatoms. The smallest absolute Gasteiger partial charge is 0.303 e. The van der Waals surface area contributed by atoms with Gasteiger partial charge in [-0.05, 0) is 57.8 Å². The number of aliphatic carboxylic acids is 3. The number of carboxylic acid groups (broad SMARTS) is 3. The Bertz CT molecular complexity index is 807. The number of carbonyl (C=O) groups is 3. The quantitative estimate of drug-likeness (QED) is 0.0256. The largest absolute Gasteiger partial charge is 0.481 e. The summed E-state index contributed by atoms with van der Waals surface area (Å²) in [5.41, 5.74) is 0. The molecule has 0 aromatic heterocycles. The number of aliphatic hydroxyl groups excluding tert-OH is 3. The van der Waals surface area contributed by atoms with Crippen LogP contribution < -0.4 is 0 Å². The normalized spacial score (nSPS) is 12.3. The Morgan fingerprint density at radius 2 is 0.406 bits per heavy atom. The molecule has 0 aromatic rings. The summed E-state index contributed by atoms with van der Waals surface area (Å²) in [5.74, 6) is -2.03. The molecule has 0 saturated carbocycles. The summed E-state index contributed by atoms with van der Waals surface area (Å²) in [6.45, 7) is 6.63. The summed E-state index contributed by atoms with van der Waals surface area (Å²) in [5, 5.41) is 55.1. The Kier molecular flexibility index (Phi) is 64.9. The second kappa shape index (κ2) is 59.8. The molecule has 0 amide bonds. The molecule has 0 aliphatic carbocycles. The Balaban J connectivity index is -0.000000419. The fourth-order valence-corrected chi connectivity index (χ4v) is 8.00. The van der Waals surface area contributed by atoms with E-state index in [1.165, 1.54) is 154 Å². The zero-order chi connectivity index (χ0) is 47.3. The van der Waals surface area contributed by atoms with Gasteiger partial charge in [0.2, 0.25) is 0 Å². The van der Waals surface area contributed by atoms with Crippen LogP contribution in [0, 0.1) is 0 Å². The van der Waals surface area contributed by atoms with Gasteiger partial charge in [0, 0.05) is 36.3 Å². The van der Waals surface area contributed by atoms with Crippen molar-refractivity contribution < 1.29 is 62.1 Å². The van der Waals surface area contributed by atoms with Crippen molar-refractivity contribution in [1.29, 1.82) is 0 Å². The SMILES string of the molecule is CCCCCCC(O)CCCCCCCCCCC(=O)O.CCCCCCC(O)CCCCCCCCCCC(=O)O.CCCCCCC(O)CCCCCCCCCCC(=O)O.[Fe]. The fraction of sp³-hybridized carbons (Fsp3) is 0.944. The number of aliphatic hydroxyl groups is 3. The minimum Gasteiger partial charge on any atom is -0.481 e. The molecule has 0 rings (SSSR count). The van der Waals surface area contributed by atoms with Crippen LogP contribution in [-0.2, 0) is 31.5 Å². The summed E-state index contributed by atoms with van der Waals surface area (Å²) in [6, 6.07) is 0. The molecule has 6 N–H and O–H groups in total. The minimum absolute atomic E-state index is 0. The van der Waals surface area contributed by atoms with Gasteiger partial charge in [-0.2, -0.15) is 0 Å². The van der Waals surface area contributed by atoms with E-state index in [1.807, 2.05) is 0 Å². The molecule has 9 nitrogen and oxygen atoms in total. The van der Waals surface area contributed by atoms with E-state index in [9.17, 15) is 29.7 Å². The third-order valence-corrected chi connectivity index (χ3v) is 12.2. The van der Waals surface area contributed by atoms with Crippen LogP contribution in [0.15, 0.2) is 0 Å². The summed E-state index contributed by atoms with van der Waals surface area (Å²) >= 11 is 0. The van der Waals surface area contributed by atoms with Gasteiger partial charge in [0.05, 0.1) is 18.3 Å². The third kappa shape index (κ3) is 69.8. The first-order chi connectivity index (χ1) is 30.5. The maximum atomic E-state index is 10.3. The van der Waals surface area contributed by atoms with E-state index in [4.69, 9.17) is 15.3 Å². The summed E-state index contributed by atoms with van der Waals surface area (Å²) in [4.78, 5) is 31.0. The van der Waals surface area contributed by atoms with E-state index in [0.717, 1.165) is 116 Å². The average molecular weight is 957 g/mol. The van der Waals surface area contributed by atoms with E-state index >= 15 is 0 Å². The molecular weight excluding hydrogens is 848 g/mol. The minimum atomic E-state index is -0.678. The van der Waals surface area contributed by atoms with Crippen LogP contribution in [0.2, 0.25) is 0 Å². The molecular formula is C54H108FeO9. The van der Waals surface area contributed by atoms with Gasteiger partial charge >= 0.3 is 17.9 Å². The van der Waals surface area contributed by atoms with Crippen molar-refractivity contribution in [1.82, 2.24) is 0 Å². The molecule has 0 fully saturated rings. The van der Waals surface area contributed by atoms with E-state index in [1.54, 1.807) is 0 Å². The van der Waals surface area contributed by atoms with Crippen LogP contribution in [0.5, 0.6) is 0 Å². The number of carboxylic acids is 3. The van der Waals surface area contributed by atoms with Crippen molar-refractivity contribution in [3.8, 4) is 0 Å². The van der Waals surface area contributed by atoms with Crippen LogP contribution in [0.3, 0.4) is 0 Å². The Morgan fingerprint density at radius 3 is 0.562 bits per heavy atom. The zero-order valence-corrected chi connectivity index (χ0v) is 43.4. The van der Waals surface area contributed by atoms with Gasteiger partial charge in [-0.3, -0.25) is 14.4 Å². The van der Waals surface area contributed by atoms with Crippen molar-refractivity contribution >= 4 is 17.9 Å². The standard InChI is InChI=1S/3C18H36O3.Fe/c3*1-2-3-4-11-14-17(19)15-12-9-7-5-6-8-10-13-16-18(20)21;/h3*17,19H,2-16H2,1H3,(H,20,21);. The van der Waals surface area contributed by atoms with E-state index < -0.39 is 17.9 Å². The van der Waals surface area contributed by atoms with Crippen molar-refractivity contribution in [2.45, 2.75) is 328 Å². The van der Waals surface area contributed by atoms with Gasteiger partial charge in [-0.25, -0.2) is 0 Å². The van der Waals surface area contributed by atoms with E-state index in [0.29, 0.717) is 19.3 Å². The molecule has 0 spiro atoms. The number of rotatable bonds is 48. The second-order valence-corrected chi connectivity index (χ2v) is 18.8. The molecule has 386 valence electrons. The Hall–Kier alpha value is -1.19. The monoisotopic (exact) mass is 957 g/mol.